The molecule has 3 aromatic rings. The van der Waals surface area contributed by atoms with Gasteiger partial charge in [0.1, 0.15) is 6.33 Å². The fourth-order valence-electron chi connectivity index (χ4n) is 3.39. The van der Waals surface area contributed by atoms with Crippen molar-refractivity contribution in [3.8, 4) is 0 Å². The highest BCUT2D eigenvalue weighted by Crippen LogP contribution is 2.24. The number of rotatable bonds is 3. The van der Waals surface area contributed by atoms with E-state index in [1.165, 1.54) is 4.90 Å². The van der Waals surface area contributed by atoms with Gasteiger partial charge in [0.05, 0.1) is 47.8 Å². The molecule has 128 valence electrons. The van der Waals surface area contributed by atoms with Crippen LogP contribution in [0.3, 0.4) is 0 Å². The van der Waals surface area contributed by atoms with Crippen LogP contribution in [0, 0.1) is 0 Å². The van der Waals surface area contributed by atoms with Gasteiger partial charge in [-0.05, 0) is 24.3 Å². The molecule has 0 bridgehead atoms. The van der Waals surface area contributed by atoms with Crippen molar-refractivity contribution in [3.63, 3.8) is 0 Å². The number of para-hydroxylation sites is 2. The average Bonchev–Trinajstić information content (AvgIpc) is 2.65. The molecule has 1 aliphatic rings. The fourth-order valence-corrected chi connectivity index (χ4v) is 3.65. The van der Waals surface area contributed by atoms with E-state index in [1.807, 2.05) is 42.5 Å². The molecule has 4 rings (SSSR count). The van der Waals surface area contributed by atoms with Crippen molar-refractivity contribution >= 4 is 28.2 Å². The average molecular weight is 356 g/mol. The third-order valence-corrected chi connectivity index (χ3v) is 5.11. The topological polar surface area (TPSA) is 42.6 Å². The van der Waals surface area contributed by atoms with Gasteiger partial charge < -0.3 is 9.80 Å². The Kier molecular flexibility index (Phi) is 4.42. The molecule has 1 fully saturated rings. The summed E-state index contributed by atoms with van der Waals surface area (Å²) < 4.78 is 1.73. The smallest absolute Gasteiger partial charge is 0.265 e. The predicted octanol–water partition coefficient (Wildman–Crippen LogP) is 1.41. The molecule has 0 saturated carbocycles. The maximum absolute atomic E-state index is 12.6. The molecule has 2 aromatic carbocycles. The molecular formula is C19H20ClN4O+. The third kappa shape index (κ3) is 3.25. The van der Waals surface area contributed by atoms with Crippen LogP contribution in [0.25, 0.3) is 10.9 Å². The Morgan fingerprint density at radius 1 is 1.04 bits per heavy atom. The largest absolute Gasteiger partial charge is 0.359 e. The number of benzene rings is 2. The van der Waals surface area contributed by atoms with Gasteiger partial charge in [-0.1, -0.05) is 35.9 Å². The van der Waals surface area contributed by atoms with Gasteiger partial charge >= 0.3 is 0 Å². The van der Waals surface area contributed by atoms with Crippen LogP contribution in [-0.2, 0) is 6.67 Å². The number of hydrogen-bond donors (Lipinski definition) is 1. The van der Waals surface area contributed by atoms with Gasteiger partial charge in [0.2, 0.25) is 0 Å². The van der Waals surface area contributed by atoms with Crippen molar-refractivity contribution in [2.24, 2.45) is 0 Å². The molecule has 0 unspecified atom stereocenters. The van der Waals surface area contributed by atoms with E-state index in [0.29, 0.717) is 12.1 Å². The van der Waals surface area contributed by atoms with E-state index < -0.39 is 0 Å². The molecule has 0 atom stereocenters. The fraction of sp³-hybridized carbons (Fsp3) is 0.263. The minimum atomic E-state index is 0.0339. The van der Waals surface area contributed by atoms with Crippen molar-refractivity contribution in [2.75, 3.05) is 31.1 Å². The molecule has 0 spiro atoms. The van der Waals surface area contributed by atoms with Crippen LogP contribution in [0.4, 0.5) is 5.69 Å². The van der Waals surface area contributed by atoms with Crippen molar-refractivity contribution in [1.82, 2.24) is 9.55 Å². The van der Waals surface area contributed by atoms with E-state index in [1.54, 1.807) is 10.9 Å². The molecule has 1 aromatic heterocycles. The second-order valence-corrected chi connectivity index (χ2v) is 6.79. The van der Waals surface area contributed by atoms with Crippen LogP contribution in [0.15, 0.2) is 59.7 Å². The zero-order valence-corrected chi connectivity index (χ0v) is 14.6. The Bertz CT molecular complexity index is 947. The van der Waals surface area contributed by atoms with Crippen LogP contribution in [-0.4, -0.2) is 35.7 Å². The first-order valence-electron chi connectivity index (χ1n) is 8.49. The summed E-state index contributed by atoms with van der Waals surface area (Å²) in [4.78, 5) is 20.7. The van der Waals surface area contributed by atoms with Crippen molar-refractivity contribution in [1.29, 1.82) is 0 Å². The zero-order chi connectivity index (χ0) is 17.2. The lowest BCUT2D eigenvalue weighted by atomic mass is 10.2. The highest BCUT2D eigenvalue weighted by atomic mass is 35.5. The number of piperazine rings is 1. The van der Waals surface area contributed by atoms with Crippen LogP contribution >= 0.6 is 11.6 Å². The molecule has 1 N–H and O–H groups in total. The predicted molar refractivity (Wildman–Crippen MR) is 100 cm³/mol. The third-order valence-electron chi connectivity index (χ3n) is 4.79. The summed E-state index contributed by atoms with van der Waals surface area (Å²) in [6.45, 7) is 4.42. The molecule has 1 aliphatic heterocycles. The number of aromatic nitrogens is 2. The Hall–Kier alpha value is -2.37. The van der Waals surface area contributed by atoms with Gasteiger partial charge in [0, 0.05) is 0 Å². The first-order valence-corrected chi connectivity index (χ1v) is 8.87. The number of fused-ring (bicyclic) bond motifs is 1. The highest BCUT2D eigenvalue weighted by Gasteiger charge is 2.22. The Morgan fingerprint density at radius 2 is 1.76 bits per heavy atom. The first-order chi connectivity index (χ1) is 12.2. The van der Waals surface area contributed by atoms with Crippen LogP contribution in [0.1, 0.15) is 0 Å². The summed E-state index contributed by atoms with van der Waals surface area (Å²) >= 11 is 6.30. The standard InChI is InChI=1S/C19H19ClN4O/c20-16-6-2-4-8-18(16)23-11-9-22(10-12-23)14-24-13-21-17-7-3-1-5-15(17)19(24)25/h1-8,13H,9-12,14H2/p+1. The highest BCUT2D eigenvalue weighted by molar-refractivity contribution is 6.33. The van der Waals surface area contributed by atoms with Gasteiger partial charge in [0.15, 0.2) is 6.67 Å². The number of hydrogen-bond acceptors (Lipinski definition) is 3. The second kappa shape index (κ2) is 6.86. The van der Waals surface area contributed by atoms with Gasteiger partial charge in [0.25, 0.3) is 5.56 Å². The summed E-state index contributed by atoms with van der Waals surface area (Å²) in [6, 6.07) is 15.4. The van der Waals surface area contributed by atoms with Crippen LogP contribution in [0.5, 0.6) is 0 Å². The molecule has 5 nitrogen and oxygen atoms in total. The Labute approximate surface area is 151 Å². The van der Waals surface area contributed by atoms with Gasteiger partial charge in [-0.2, -0.15) is 0 Å². The molecule has 0 radical (unpaired) electrons. The lowest BCUT2D eigenvalue weighted by Gasteiger charge is -2.34. The maximum Gasteiger partial charge on any atom is 0.265 e. The number of nitrogens with one attached hydrogen (secondary N) is 1. The minimum Gasteiger partial charge on any atom is -0.359 e. The zero-order valence-electron chi connectivity index (χ0n) is 13.9. The SMILES string of the molecule is O=c1c2ccccc2ncn1C[NH+]1CCN(c2ccccc2Cl)CC1. The molecule has 0 amide bonds. The summed E-state index contributed by atoms with van der Waals surface area (Å²) in [5.74, 6) is 0. The Morgan fingerprint density at radius 3 is 2.56 bits per heavy atom. The second-order valence-electron chi connectivity index (χ2n) is 6.38. The van der Waals surface area contributed by atoms with Crippen molar-refractivity contribution in [2.45, 2.75) is 6.67 Å². The molecule has 6 heteroatoms. The molecule has 0 aliphatic carbocycles. The van der Waals surface area contributed by atoms with E-state index in [0.717, 1.165) is 42.4 Å². The molecular weight excluding hydrogens is 336 g/mol. The summed E-state index contributed by atoms with van der Waals surface area (Å²) in [6.07, 6.45) is 1.66. The quantitative estimate of drug-likeness (QED) is 0.772. The molecule has 1 saturated heterocycles. The minimum absolute atomic E-state index is 0.0339. The van der Waals surface area contributed by atoms with Gasteiger partial charge in [-0.3, -0.25) is 4.79 Å². The van der Waals surface area contributed by atoms with Crippen LogP contribution < -0.4 is 15.4 Å². The van der Waals surface area contributed by atoms with Crippen LogP contribution in [0.2, 0.25) is 5.02 Å². The Balaban J connectivity index is 1.46. The summed E-state index contributed by atoms with van der Waals surface area (Å²) in [5.41, 5.74) is 1.88. The summed E-state index contributed by atoms with van der Waals surface area (Å²) in [7, 11) is 0. The lowest BCUT2D eigenvalue weighted by molar-refractivity contribution is -0.923. The monoisotopic (exact) mass is 355 g/mol. The summed E-state index contributed by atoms with van der Waals surface area (Å²) in [5, 5.41) is 1.47. The molecule has 25 heavy (non-hydrogen) atoms. The van der Waals surface area contributed by atoms with E-state index in [4.69, 9.17) is 11.6 Å². The van der Waals surface area contributed by atoms with E-state index >= 15 is 0 Å². The number of halogens is 1. The molecule has 2 heterocycles. The van der Waals surface area contributed by atoms with Gasteiger partial charge in [-0.15, -0.1) is 0 Å². The lowest BCUT2D eigenvalue weighted by Crippen LogP contribution is -3.14. The normalized spacial score (nSPS) is 15.6. The van der Waals surface area contributed by atoms with E-state index in [2.05, 4.69) is 16.0 Å². The number of quaternary nitrogens is 1. The van der Waals surface area contributed by atoms with E-state index in [-0.39, 0.29) is 5.56 Å². The van der Waals surface area contributed by atoms with Crippen molar-refractivity contribution in [3.05, 3.63) is 70.2 Å². The van der Waals surface area contributed by atoms with Gasteiger partial charge in [-0.25, -0.2) is 9.55 Å². The number of nitrogens with zero attached hydrogens (tertiary/aromatic N) is 3. The van der Waals surface area contributed by atoms with Crippen molar-refractivity contribution < 1.29 is 4.90 Å². The first kappa shape index (κ1) is 16.1. The van der Waals surface area contributed by atoms with E-state index in [9.17, 15) is 4.79 Å². The maximum atomic E-state index is 12.6. The number of anilines is 1.